The molecule has 1 aromatic carbocycles. The van der Waals surface area contributed by atoms with E-state index in [1.165, 1.54) is 0 Å². The van der Waals surface area contributed by atoms with Gasteiger partial charge in [-0.2, -0.15) is 0 Å². The Bertz CT molecular complexity index is 1100. The fraction of sp³-hybridized carbons (Fsp3) is 0.643. The highest BCUT2D eigenvalue weighted by Gasteiger charge is 2.52. The molecule has 2 bridgehead atoms. The van der Waals surface area contributed by atoms with Crippen molar-refractivity contribution in [2.45, 2.75) is 89.1 Å². The Morgan fingerprint density at radius 2 is 1.82 bits per heavy atom. The molecule has 5 rings (SSSR count). The Hall–Kier alpha value is -3.30. The lowest BCUT2D eigenvalue weighted by Gasteiger charge is -2.39. The predicted octanol–water partition coefficient (Wildman–Crippen LogP) is 1.80. The summed E-state index contributed by atoms with van der Waals surface area (Å²) in [5, 5.41) is 2.84. The minimum absolute atomic E-state index is 0.0191. The molecule has 3 heterocycles. The summed E-state index contributed by atoms with van der Waals surface area (Å²) in [5.74, 6) is -0.663. The molecule has 206 valence electrons. The average molecular weight is 526 g/mol. The standard InChI is InChI=1S/C28H39N5O5/c1-28(2,3)38-27(37)33-20-9-6-18(15-20)24(33)26(36)30-22(25(29)35)14-17-4-7-19(8-5-17)31-12-13-32-21(16-31)10-11-23(32)34/h4-5,7-8,18,20-22,24H,6,9-16H2,1-3H3,(H2,29,35)(H,30,36)/t18-,20+,21?,22-,24-/m0/s1. The van der Waals surface area contributed by atoms with Crippen LogP contribution in [0, 0.1) is 5.92 Å². The van der Waals surface area contributed by atoms with Crippen LogP contribution in [0.25, 0.3) is 0 Å². The first kappa shape index (κ1) is 26.3. The lowest BCUT2D eigenvalue weighted by atomic mass is 9.97. The van der Waals surface area contributed by atoms with E-state index in [4.69, 9.17) is 10.5 Å². The van der Waals surface area contributed by atoms with Crippen molar-refractivity contribution in [3.8, 4) is 0 Å². The molecule has 5 atom stereocenters. The van der Waals surface area contributed by atoms with Crippen LogP contribution in [0.5, 0.6) is 0 Å². The van der Waals surface area contributed by atoms with Gasteiger partial charge >= 0.3 is 6.09 Å². The van der Waals surface area contributed by atoms with Crippen LogP contribution in [0.3, 0.4) is 0 Å². The van der Waals surface area contributed by atoms with Gasteiger partial charge in [-0.3, -0.25) is 19.3 Å². The molecular weight excluding hydrogens is 486 g/mol. The molecule has 0 radical (unpaired) electrons. The molecule has 3 aliphatic heterocycles. The Balaban J connectivity index is 1.22. The lowest BCUT2D eigenvalue weighted by Crippen LogP contribution is -2.57. The van der Waals surface area contributed by atoms with Crippen molar-refractivity contribution >= 4 is 29.5 Å². The number of rotatable bonds is 6. The quantitative estimate of drug-likeness (QED) is 0.584. The molecule has 10 nitrogen and oxygen atoms in total. The molecule has 1 unspecified atom stereocenters. The van der Waals surface area contributed by atoms with E-state index < -0.39 is 29.7 Å². The highest BCUT2D eigenvalue weighted by molar-refractivity contribution is 5.91. The summed E-state index contributed by atoms with van der Waals surface area (Å²) in [6, 6.07) is 6.65. The number of fused-ring (bicyclic) bond motifs is 3. The summed E-state index contributed by atoms with van der Waals surface area (Å²) in [6.07, 6.45) is 3.80. The van der Waals surface area contributed by atoms with Gasteiger partial charge in [0.15, 0.2) is 0 Å². The predicted molar refractivity (Wildman–Crippen MR) is 141 cm³/mol. The van der Waals surface area contributed by atoms with E-state index in [-0.39, 0.29) is 36.2 Å². The monoisotopic (exact) mass is 525 g/mol. The van der Waals surface area contributed by atoms with Crippen LogP contribution >= 0.6 is 0 Å². The smallest absolute Gasteiger partial charge is 0.411 e. The van der Waals surface area contributed by atoms with Gasteiger partial charge in [0.1, 0.15) is 17.7 Å². The third kappa shape index (κ3) is 5.31. The third-order valence-corrected chi connectivity index (χ3v) is 8.35. The Morgan fingerprint density at radius 1 is 1.08 bits per heavy atom. The minimum Gasteiger partial charge on any atom is -0.444 e. The van der Waals surface area contributed by atoms with Crippen LogP contribution in [-0.2, 0) is 25.5 Å². The molecule has 1 aromatic rings. The van der Waals surface area contributed by atoms with Crippen molar-refractivity contribution in [2.24, 2.45) is 11.7 Å². The molecule has 4 amide bonds. The van der Waals surface area contributed by atoms with Gasteiger partial charge < -0.3 is 25.6 Å². The number of piperidine rings is 1. The lowest BCUT2D eigenvalue weighted by molar-refractivity contribution is -0.132. The molecule has 38 heavy (non-hydrogen) atoms. The topological polar surface area (TPSA) is 125 Å². The van der Waals surface area contributed by atoms with Gasteiger partial charge in [0.2, 0.25) is 17.7 Å². The Kier molecular flexibility index (Phi) is 7.00. The van der Waals surface area contributed by atoms with Gasteiger partial charge in [0.25, 0.3) is 0 Å². The van der Waals surface area contributed by atoms with E-state index >= 15 is 0 Å². The summed E-state index contributed by atoms with van der Waals surface area (Å²) >= 11 is 0. The number of carbonyl (C=O) groups excluding carboxylic acids is 4. The van der Waals surface area contributed by atoms with Crippen molar-refractivity contribution in [3.05, 3.63) is 29.8 Å². The Labute approximate surface area is 223 Å². The van der Waals surface area contributed by atoms with Gasteiger partial charge in [-0.05, 0) is 70.1 Å². The largest absolute Gasteiger partial charge is 0.444 e. The molecule has 0 spiro atoms. The second-order valence-corrected chi connectivity index (χ2v) is 12.1. The van der Waals surface area contributed by atoms with Crippen LogP contribution in [0.2, 0.25) is 0 Å². The number of hydrogen-bond acceptors (Lipinski definition) is 6. The van der Waals surface area contributed by atoms with E-state index in [1.54, 1.807) is 25.7 Å². The number of piperazine rings is 1. The van der Waals surface area contributed by atoms with Gasteiger partial charge in [0.05, 0.1) is 0 Å². The van der Waals surface area contributed by atoms with Gasteiger partial charge in [-0.15, -0.1) is 0 Å². The summed E-state index contributed by atoms with van der Waals surface area (Å²) in [4.78, 5) is 56.5. The number of nitrogens with one attached hydrogen (secondary N) is 1. The first-order valence-corrected chi connectivity index (χ1v) is 13.7. The summed E-state index contributed by atoms with van der Waals surface area (Å²) < 4.78 is 5.58. The zero-order valence-corrected chi connectivity index (χ0v) is 22.5. The number of amides is 4. The van der Waals surface area contributed by atoms with E-state index in [0.717, 1.165) is 56.6 Å². The van der Waals surface area contributed by atoms with Crippen molar-refractivity contribution in [1.29, 1.82) is 0 Å². The third-order valence-electron chi connectivity index (χ3n) is 8.35. The van der Waals surface area contributed by atoms with Gasteiger partial charge in [-0.1, -0.05) is 12.1 Å². The number of ether oxygens (including phenoxy) is 1. The number of primary amides is 1. The molecule has 0 aromatic heterocycles. The van der Waals surface area contributed by atoms with Crippen LogP contribution in [0.1, 0.15) is 58.4 Å². The average Bonchev–Trinajstić information content (AvgIpc) is 3.57. The molecule has 3 saturated heterocycles. The minimum atomic E-state index is -0.888. The fourth-order valence-corrected chi connectivity index (χ4v) is 6.56. The first-order valence-electron chi connectivity index (χ1n) is 13.7. The molecule has 4 aliphatic rings. The normalized spacial score (nSPS) is 27.3. The van der Waals surface area contributed by atoms with Crippen molar-refractivity contribution in [3.63, 3.8) is 0 Å². The molecule has 1 aliphatic carbocycles. The van der Waals surface area contributed by atoms with Crippen LogP contribution in [-0.4, -0.2) is 83.0 Å². The summed E-state index contributed by atoms with van der Waals surface area (Å²) in [6.45, 7) is 7.77. The van der Waals surface area contributed by atoms with Crippen molar-refractivity contribution in [2.75, 3.05) is 24.5 Å². The van der Waals surface area contributed by atoms with Crippen LogP contribution in [0.15, 0.2) is 24.3 Å². The van der Waals surface area contributed by atoms with Gasteiger partial charge in [-0.25, -0.2) is 4.79 Å². The van der Waals surface area contributed by atoms with Crippen LogP contribution in [0.4, 0.5) is 10.5 Å². The summed E-state index contributed by atoms with van der Waals surface area (Å²) in [7, 11) is 0. The first-order chi connectivity index (χ1) is 18.0. The molecule has 10 heteroatoms. The SMILES string of the molecule is CC(C)(C)OC(=O)N1[C@@H]2CC[C@@H](C2)[C@H]1C(=O)N[C@@H](Cc1ccc(N2CCN3C(=O)CCC3C2)cc1)C(N)=O. The summed E-state index contributed by atoms with van der Waals surface area (Å²) in [5.41, 5.74) is 6.98. The maximum Gasteiger partial charge on any atom is 0.411 e. The zero-order chi connectivity index (χ0) is 27.2. The number of benzene rings is 1. The van der Waals surface area contributed by atoms with Crippen molar-refractivity contribution < 1.29 is 23.9 Å². The zero-order valence-electron chi connectivity index (χ0n) is 22.5. The second-order valence-electron chi connectivity index (χ2n) is 12.1. The highest BCUT2D eigenvalue weighted by atomic mass is 16.6. The molecule has 4 fully saturated rings. The van der Waals surface area contributed by atoms with Crippen molar-refractivity contribution in [1.82, 2.24) is 15.1 Å². The van der Waals surface area contributed by atoms with Crippen LogP contribution < -0.4 is 16.0 Å². The van der Waals surface area contributed by atoms with Gasteiger partial charge in [0, 0.05) is 50.2 Å². The van der Waals surface area contributed by atoms with E-state index in [9.17, 15) is 19.2 Å². The van der Waals surface area contributed by atoms with E-state index in [0.29, 0.717) is 6.42 Å². The number of carbonyl (C=O) groups is 4. The number of anilines is 1. The fourth-order valence-electron chi connectivity index (χ4n) is 6.56. The maximum atomic E-state index is 13.4. The Morgan fingerprint density at radius 3 is 2.50 bits per heavy atom. The number of nitrogens with two attached hydrogens (primary N) is 1. The maximum absolute atomic E-state index is 13.4. The highest BCUT2D eigenvalue weighted by Crippen LogP contribution is 2.43. The van der Waals surface area contributed by atoms with E-state index in [1.807, 2.05) is 29.2 Å². The second kappa shape index (κ2) is 10.1. The molecule has 3 N–H and O–H groups in total. The van der Waals surface area contributed by atoms with E-state index in [2.05, 4.69) is 10.2 Å². The number of likely N-dealkylation sites (tertiary alicyclic amines) is 1. The molecule has 1 saturated carbocycles. The number of nitrogens with zero attached hydrogens (tertiary/aromatic N) is 3. The number of hydrogen-bond donors (Lipinski definition) is 2. The molecular formula is C28H39N5O5.